The SMILES string of the molecule is COc1cc(C)c(S(=O)(=O)N2CCC(CCS(=O)(=O)N3CCC(CCN4CCCC4)CC3)C2)c(C)c1C.Cl. The Morgan fingerprint density at radius 1 is 0.842 bits per heavy atom. The van der Waals surface area contributed by atoms with Gasteiger partial charge in [0.25, 0.3) is 0 Å². The highest BCUT2D eigenvalue weighted by molar-refractivity contribution is 7.89. The van der Waals surface area contributed by atoms with Gasteiger partial charge in [-0.3, -0.25) is 0 Å². The maximum atomic E-state index is 13.5. The van der Waals surface area contributed by atoms with Gasteiger partial charge in [-0.1, -0.05) is 0 Å². The summed E-state index contributed by atoms with van der Waals surface area (Å²) in [6.07, 6.45) is 6.88. The Hall–Kier alpha value is -0.910. The molecular weight excluding hydrogens is 546 g/mol. The van der Waals surface area contributed by atoms with Gasteiger partial charge in [-0.15, -0.1) is 12.4 Å². The molecule has 3 saturated heterocycles. The first kappa shape index (κ1) is 31.6. The van der Waals surface area contributed by atoms with Gasteiger partial charge in [-0.25, -0.2) is 21.1 Å². The molecule has 0 aliphatic carbocycles. The first-order valence-corrected chi connectivity index (χ1v) is 16.9. The minimum atomic E-state index is -3.66. The van der Waals surface area contributed by atoms with Crippen LogP contribution in [0.5, 0.6) is 5.75 Å². The van der Waals surface area contributed by atoms with Crippen LogP contribution in [-0.4, -0.2) is 89.0 Å². The maximum Gasteiger partial charge on any atom is 0.243 e. The van der Waals surface area contributed by atoms with Gasteiger partial charge in [0.1, 0.15) is 5.75 Å². The van der Waals surface area contributed by atoms with Crippen molar-refractivity contribution in [3.05, 3.63) is 22.8 Å². The summed E-state index contributed by atoms with van der Waals surface area (Å²) in [5, 5.41) is 0. The van der Waals surface area contributed by atoms with Crippen molar-refractivity contribution in [3.63, 3.8) is 0 Å². The lowest BCUT2D eigenvalue weighted by Crippen LogP contribution is -2.40. The van der Waals surface area contributed by atoms with Gasteiger partial charge in [-0.2, -0.15) is 4.31 Å². The third-order valence-corrected chi connectivity index (χ3v) is 12.9. The smallest absolute Gasteiger partial charge is 0.243 e. The molecule has 0 bridgehead atoms. The van der Waals surface area contributed by atoms with Crippen molar-refractivity contribution in [1.29, 1.82) is 0 Å². The monoisotopic (exact) mass is 591 g/mol. The lowest BCUT2D eigenvalue weighted by molar-refractivity contribution is 0.231. The fourth-order valence-electron chi connectivity index (χ4n) is 6.30. The van der Waals surface area contributed by atoms with Gasteiger partial charge in [0.15, 0.2) is 0 Å². The van der Waals surface area contributed by atoms with Crippen molar-refractivity contribution < 1.29 is 21.6 Å². The van der Waals surface area contributed by atoms with E-state index in [0.717, 1.165) is 24.9 Å². The number of methoxy groups -OCH3 is 1. The number of hydrogen-bond acceptors (Lipinski definition) is 6. The third-order valence-electron chi connectivity index (χ3n) is 8.85. The number of halogens is 1. The molecular formula is C27H46ClN3O5S2. The van der Waals surface area contributed by atoms with Crippen LogP contribution >= 0.6 is 12.4 Å². The van der Waals surface area contributed by atoms with E-state index in [1.54, 1.807) is 24.4 Å². The molecule has 1 aromatic carbocycles. The number of nitrogens with zero attached hydrogens (tertiary/aromatic N) is 3. The average molecular weight is 592 g/mol. The molecule has 4 rings (SSSR count). The molecule has 0 radical (unpaired) electrons. The predicted molar refractivity (Wildman–Crippen MR) is 154 cm³/mol. The molecule has 8 nitrogen and oxygen atoms in total. The number of hydrogen-bond donors (Lipinski definition) is 0. The zero-order valence-electron chi connectivity index (χ0n) is 23.4. The first-order valence-electron chi connectivity index (χ1n) is 13.9. The second-order valence-electron chi connectivity index (χ2n) is 11.3. The summed E-state index contributed by atoms with van der Waals surface area (Å²) in [5.74, 6) is 1.47. The van der Waals surface area contributed by atoms with Crippen LogP contribution in [0.1, 0.15) is 61.6 Å². The summed E-state index contributed by atoms with van der Waals surface area (Å²) in [6, 6.07) is 1.78. The molecule has 0 N–H and O–H groups in total. The fraction of sp³-hybridized carbons (Fsp3) is 0.778. The molecule has 1 unspecified atom stereocenters. The molecule has 38 heavy (non-hydrogen) atoms. The van der Waals surface area contributed by atoms with Gasteiger partial charge >= 0.3 is 0 Å². The Morgan fingerprint density at radius 3 is 2.08 bits per heavy atom. The number of aryl methyl sites for hydroxylation is 1. The number of rotatable bonds is 10. The summed E-state index contributed by atoms with van der Waals surface area (Å²) in [4.78, 5) is 2.89. The van der Waals surface area contributed by atoms with Crippen LogP contribution in [0.3, 0.4) is 0 Å². The standard InChI is InChI=1S/C27H45N3O5S2.ClH/c1-21-19-26(35-4)22(2)23(3)27(21)37(33,34)30-17-10-25(20-30)11-18-36(31,32)29-15-8-24(9-16-29)7-14-28-12-5-6-13-28;/h19,24-25H,5-18,20H2,1-4H3;1H. The maximum absolute atomic E-state index is 13.5. The highest BCUT2D eigenvalue weighted by Crippen LogP contribution is 2.35. The second-order valence-corrected chi connectivity index (χ2v) is 15.2. The Morgan fingerprint density at radius 2 is 1.45 bits per heavy atom. The van der Waals surface area contributed by atoms with Crippen LogP contribution in [0.15, 0.2) is 11.0 Å². The Bertz CT molecular complexity index is 1160. The van der Waals surface area contributed by atoms with Crippen LogP contribution in [0.4, 0.5) is 0 Å². The van der Waals surface area contributed by atoms with Crippen LogP contribution in [0, 0.1) is 32.6 Å². The molecule has 3 heterocycles. The molecule has 0 aromatic heterocycles. The number of piperidine rings is 1. The van der Waals surface area contributed by atoms with Crippen LogP contribution in [-0.2, 0) is 20.0 Å². The topological polar surface area (TPSA) is 87.2 Å². The lowest BCUT2D eigenvalue weighted by atomic mass is 9.94. The quantitative estimate of drug-likeness (QED) is 0.409. The van der Waals surface area contributed by atoms with Crippen molar-refractivity contribution in [3.8, 4) is 5.75 Å². The van der Waals surface area contributed by atoms with Gasteiger partial charge in [0, 0.05) is 26.2 Å². The molecule has 0 amide bonds. The van der Waals surface area contributed by atoms with E-state index in [2.05, 4.69) is 4.90 Å². The van der Waals surface area contributed by atoms with Crippen molar-refractivity contribution in [1.82, 2.24) is 13.5 Å². The van der Waals surface area contributed by atoms with E-state index in [9.17, 15) is 16.8 Å². The summed E-state index contributed by atoms with van der Waals surface area (Å²) in [7, 11) is -5.38. The minimum absolute atomic E-state index is 0. The molecule has 1 aromatic rings. The van der Waals surface area contributed by atoms with Crippen molar-refractivity contribution in [2.24, 2.45) is 11.8 Å². The Kier molecular flexibility index (Phi) is 11.0. The molecule has 11 heteroatoms. The zero-order chi connectivity index (χ0) is 26.8. The predicted octanol–water partition coefficient (Wildman–Crippen LogP) is 3.97. The number of benzene rings is 1. The summed E-state index contributed by atoms with van der Waals surface area (Å²) >= 11 is 0. The fourth-order valence-corrected chi connectivity index (χ4v) is 9.98. The largest absolute Gasteiger partial charge is 0.496 e. The molecule has 3 aliphatic rings. The molecule has 3 fully saturated rings. The van der Waals surface area contributed by atoms with E-state index in [-0.39, 0.29) is 24.1 Å². The first-order chi connectivity index (χ1) is 17.5. The normalized spacial score (nSPS) is 22.6. The molecule has 0 spiro atoms. The van der Waals surface area contributed by atoms with E-state index < -0.39 is 20.0 Å². The third kappa shape index (κ3) is 7.04. The molecule has 0 saturated carbocycles. The van der Waals surface area contributed by atoms with Crippen LogP contribution < -0.4 is 4.74 Å². The van der Waals surface area contributed by atoms with E-state index in [0.29, 0.717) is 66.7 Å². The Balaban J connectivity index is 0.00000400. The number of ether oxygens (including phenoxy) is 1. The van der Waals surface area contributed by atoms with Crippen molar-refractivity contribution >= 4 is 32.5 Å². The number of likely N-dealkylation sites (tertiary alicyclic amines) is 1. The molecule has 1 atom stereocenters. The highest BCUT2D eigenvalue weighted by Gasteiger charge is 2.36. The van der Waals surface area contributed by atoms with E-state index in [1.165, 1.54) is 36.7 Å². The summed E-state index contributed by atoms with van der Waals surface area (Å²) in [6.45, 7) is 11.1. The van der Waals surface area contributed by atoms with Crippen molar-refractivity contribution in [2.45, 2.75) is 70.6 Å². The second kappa shape index (κ2) is 13.2. The zero-order valence-corrected chi connectivity index (χ0v) is 25.9. The van der Waals surface area contributed by atoms with Gasteiger partial charge in [0.05, 0.1) is 17.8 Å². The number of sulfonamides is 2. The van der Waals surface area contributed by atoms with Gasteiger partial charge in [-0.05, 0) is 120 Å². The lowest BCUT2D eigenvalue weighted by Gasteiger charge is -2.32. The molecule has 3 aliphatic heterocycles. The summed E-state index contributed by atoms with van der Waals surface area (Å²) < 4.78 is 61.9. The van der Waals surface area contributed by atoms with Gasteiger partial charge in [0.2, 0.25) is 20.0 Å². The summed E-state index contributed by atoms with van der Waals surface area (Å²) in [5.41, 5.74) is 2.22. The van der Waals surface area contributed by atoms with Gasteiger partial charge < -0.3 is 9.64 Å². The van der Waals surface area contributed by atoms with E-state index in [1.807, 2.05) is 13.8 Å². The van der Waals surface area contributed by atoms with E-state index >= 15 is 0 Å². The van der Waals surface area contributed by atoms with Crippen LogP contribution in [0.25, 0.3) is 0 Å². The minimum Gasteiger partial charge on any atom is -0.496 e. The van der Waals surface area contributed by atoms with E-state index in [4.69, 9.17) is 4.74 Å². The molecule has 218 valence electrons. The highest BCUT2D eigenvalue weighted by atomic mass is 35.5. The Labute approximate surface area is 236 Å². The van der Waals surface area contributed by atoms with Crippen molar-refractivity contribution in [2.75, 3.05) is 58.7 Å². The van der Waals surface area contributed by atoms with Crippen LogP contribution in [0.2, 0.25) is 0 Å². The average Bonchev–Trinajstić information content (AvgIpc) is 3.57.